The van der Waals surface area contributed by atoms with Crippen LogP contribution in [0.2, 0.25) is 0 Å². The molecule has 1 heterocycles. The van der Waals surface area contributed by atoms with Crippen LogP contribution in [0.4, 0.5) is 4.79 Å². The molecule has 0 saturated carbocycles. The van der Waals surface area contributed by atoms with Crippen LogP contribution in [0.5, 0.6) is 0 Å². The quantitative estimate of drug-likeness (QED) is 0.389. The zero-order chi connectivity index (χ0) is 21.1. The highest BCUT2D eigenvalue weighted by atomic mass is 16.6. The largest absolute Gasteiger partial charge is 0.442 e. The highest BCUT2D eigenvalue weighted by Crippen LogP contribution is 2.25. The van der Waals surface area contributed by atoms with Gasteiger partial charge in [-0.25, -0.2) is 4.79 Å². The minimum absolute atomic E-state index is 0.498. The Balaban J connectivity index is 1.75. The fourth-order valence-electron chi connectivity index (χ4n) is 3.20. The van der Waals surface area contributed by atoms with Crippen LogP contribution in [0, 0.1) is 0 Å². The van der Waals surface area contributed by atoms with E-state index in [1.54, 1.807) is 0 Å². The molecule has 3 aromatic carbocycles. The molecule has 0 N–H and O–H groups in total. The van der Waals surface area contributed by atoms with Crippen LogP contribution >= 0.6 is 0 Å². The van der Waals surface area contributed by atoms with Crippen LogP contribution < -0.4 is 0 Å². The third-order valence-electron chi connectivity index (χ3n) is 4.59. The lowest BCUT2D eigenvalue weighted by Gasteiger charge is -2.19. The van der Waals surface area contributed by atoms with E-state index in [0.29, 0.717) is 5.69 Å². The van der Waals surface area contributed by atoms with Crippen molar-refractivity contribution in [3.63, 3.8) is 0 Å². The first-order valence-corrected chi connectivity index (χ1v) is 9.95. The Morgan fingerprint density at radius 1 is 0.867 bits per heavy atom. The first kappa shape index (κ1) is 19.6. The van der Waals surface area contributed by atoms with Gasteiger partial charge in [-0.1, -0.05) is 72.8 Å². The minimum atomic E-state index is -0.605. The fourth-order valence-corrected chi connectivity index (χ4v) is 3.20. The van der Waals surface area contributed by atoms with E-state index in [4.69, 9.17) is 4.74 Å². The van der Waals surface area contributed by atoms with Crippen molar-refractivity contribution in [1.82, 2.24) is 9.78 Å². The first-order valence-electron chi connectivity index (χ1n) is 9.95. The van der Waals surface area contributed by atoms with E-state index in [0.717, 1.165) is 27.6 Å². The lowest BCUT2D eigenvalue weighted by Crippen LogP contribution is -2.28. The SMILES string of the molecule is CC(C)(C)OC(=O)n1nc(-c2ccc3ccccc3c2)cc1/C=C/c1ccccc1. The van der Waals surface area contributed by atoms with Crippen molar-refractivity contribution in [3.05, 3.63) is 90.1 Å². The van der Waals surface area contributed by atoms with Gasteiger partial charge in [-0.05, 0) is 55.3 Å². The Labute approximate surface area is 176 Å². The smallest absolute Gasteiger partial charge is 0.435 e. The summed E-state index contributed by atoms with van der Waals surface area (Å²) < 4.78 is 6.89. The molecule has 1 aromatic heterocycles. The van der Waals surface area contributed by atoms with E-state index in [9.17, 15) is 4.79 Å². The molecule has 0 atom stereocenters. The van der Waals surface area contributed by atoms with Crippen molar-refractivity contribution in [1.29, 1.82) is 0 Å². The van der Waals surface area contributed by atoms with Gasteiger partial charge in [0.25, 0.3) is 0 Å². The van der Waals surface area contributed by atoms with Crippen LogP contribution in [0.3, 0.4) is 0 Å². The molecular formula is C26H24N2O2. The van der Waals surface area contributed by atoms with Gasteiger partial charge in [0.15, 0.2) is 0 Å². The zero-order valence-electron chi connectivity index (χ0n) is 17.4. The maximum Gasteiger partial charge on any atom is 0.435 e. The standard InChI is InChI=1S/C26H24N2O2/c1-26(2,3)30-25(29)28-23(16-13-19-9-5-4-6-10-19)18-24(27-28)22-15-14-20-11-7-8-12-21(20)17-22/h4-18H,1-3H3/b16-13+. The van der Waals surface area contributed by atoms with Crippen LogP contribution in [0.25, 0.3) is 34.2 Å². The number of rotatable bonds is 3. The Morgan fingerprint density at radius 3 is 2.30 bits per heavy atom. The Morgan fingerprint density at radius 2 is 1.57 bits per heavy atom. The maximum atomic E-state index is 12.8. The number of benzene rings is 3. The van der Waals surface area contributed by atoms with Gasteiger partial charge in [0.05, 0.1) is 11.4 Å². The number of aromatic nitrogens is 2. The molecule has 0 aliphatic heterocycles. The van der Waals surface area contributed by atoms with E-state index in [2.05, 4.69) is 29.4 Å². The van der Waals surface area contributed by atoms with E-state index < -0.39 is 11.7 Å². The van der Waals surface area contributed by atoms with Crippen LogP contribution in [-0.2, 0) is 4.74 Å². The summed E-state index contributed by atoms with van der Waals surface area (Å²) in [4.78, 5) is 12.8. The lowest BCUT2D eigenvalue weighted by atomic mass is 10.1. The van der Waals surface area contributed by atoms with Crippen molar-refractivity contribution in [3.8, 4) is 11.3 Å². The average molecular weight is 396 g/mol. The molecule has 0 saturated heterocycles. The van der Waals surface area contributed by atoms with Gasteiger partial charge in [-0.3, -0.25) is 0 Å². The zero-order valence-corrected chi connectivity index (χ0v) is 17.4. The molecule has 150 valence electrons. The van der Waals surface area contributed by atoms with Crippen molar-refractivity contribution in [2.45, 2.75) is 26.4 Å². The summed E-state index contributed by atoms with van der Waals surface area (Å²) in [5.74, 6) is 0. The summed E-state index contributed by atoms with van der Waals surface area (Å²) in [6.07, 6.45) is 3.35. The normalized spacial score (nSPS) is 11.8. The number of carbonyl (C=O) groups excluding carboxylic acids is 1. The van der Waals surface area contributed by atoms with E-state index in [1.165, 1.54) is 4.68 Å². The molecule has 0 unspecified atom stereocenters. The van der Waals surface area contributed by atoms with E-state index in [-0.39, 0.29) is 0 Å². The molecule has 0 spiro atoms. The Kier molecular flexibility index (Phi) is 5.23. The Hall–Kier alpha value is -3.66. The molecule has 4 heteroatoms. The second-order valence-corrected chi connectivity index (χ2v) is 8.15. The van der Waals surface area contributed by atoms with Crippen LogP contribution in [0.1, 0.15) is 32.0 Å². The molecule has 0 radical (unpaired) electrons. The molecule has 4 rings (SSSR count). The molecule has 0 aliphatic rings. The van der Waals surface area contributed by atoms with Crippen molar-refractivity contribution in [2.75, 3.05) is 0 Å². The predicted molar refractivity (Wildman–Crippen MR) is 122 cm³/mol. The third kappa shape index (κ3) is 4.49. The van der Waals surface area contributed by atoms with Gasteiger partial charge in [0, 0.05) is 5.56 Å². The second kappa shape index (κ2) is 7.99. The van der Waals surface area contributed by atoms with Gasteiger partial charge >= 0.3 is 6.09 Å². The summed E-state index contributed by atoms with van der Waals surface area (Å²) in [6.45, 7) is 5.54. The monoisotopic (exact) mass is 396 g/mol. The first-order chi connectivity index (χ1) is 14.4. The number of fused-ring (bicyclic) bond motifs is 1. The summed E-state index contributed by atoms with van der Waals surface area (Å²) >= 11 is 0. The predicted octanol–water partition coefficient (Wildman–Crippen LogP) is 6.66. The average Bonchev–Trinajstić information content (AvgIpc) is 3.16. The summed E-state index contributed by atoms with van der Waals surface area (Å²) in [7, 11) is 0. The fraction of sp³-hybridized carbons (Fsp3) is 0.154. The van der Waals surface area contributed by atoms with Crippen LogP contribution in [0.15, 0.2) is 78.9 Å². The molecule has 0 bridgehead atoms. The van der Waals surface area contributed by atoms with Crippen molar-refractivity contribution < 1.29 is 9.53 Å². The molecule has 30 heavy (non-hydrogen) atoms. The van der Waals surface area contributed by atoms with E-state index in [1.807, 2.05) is 87.5 Å². The highest BCUT2D eigenvalue weighted by Gasteiger charge is 2.21. The van der Waals surface area contributed by atoms with Gasteiger partial charge in [-0.2, -0.15) is 9.78 Å². The number of nitrogens with zero attached hydrogens (tertiary/aromatic N) is 2. The van der Waals surface area contributed by atoms with Gasteiger partial charge < -0.3 is 4.74 Å². The van der Waals surface area contributed by atoms with Gasteiger partial charge in [0.2, 0.25) is 0 Å². The third-order valence-corrected chi connectivity index (χ3v) is 4.59. The van der Waals surface area contributed by atoms with Crippen molar-refractivity contribution in [2.24, 2.45) is 0 Å². The molecule has 4 aromatic rings. The topological polar surface area (TPSA) is 44.1 Å². The summed E-state index contributed by atoms with van der Waals surface area (Å²) in [5.41, 5.74) is 2.77. The Bertz CT molecular complexity index is 1210. The number of carbonyl (C=O) groups is 1. The summed E-state index contributed by atoms with van der Waals surface area (Å²) in [6, 6.07) is 26.2. The van der Waals surface area contributed by atoms with E-state index >= 15 is 0 Å². The number of ether oxygens (including phenoxy) is 1. The molecule has 0 aliphatic carbocycles. The minimum Gasteiger partial charge on any atom is -0.442 e. The molecular weight excluding hydrogens is 372 g/mol. The molecule has 0 amide bonds. The molecule has 4 nitrogen and oxygen atoms in total. The van der Waals surface area contributed by atoms with Crippen molar-refractivity contribution >= 4 is 29.0 Å². The number of hydrogen-bond acceptors (Lipinski definition) is 3. The van der Waals surface area contributed by atoms with Gasteiger partial charge in [-0.15, -0.1) is 0 Å². The van der Waals surface area contributed by atoms with Gasteiger partial charge in [0.1, 0.15) is 5.60 Å². The number of hydrogen-bond donors (Lipinski definition) is 0. The lowest BCUT2D eigenvalue weighted by molar-refractivity contribution is 0.0514. The second-order valence-electron chi connectivity index (χ2n) is 8.15. The van der Waals surface area contributed by atoms with Crippen LogP contribution in [-0.4, -0.2) is 21.5 Å². The summed E-state index contributed by atoms with van der Waals surface area (Å²) in [5, 5.41) is 6.87. The maximum absolute atomic E-state index is 12.8. The highest BCUT2D eigenvalue weighted by molar-refractivity contribution is 5.87. The molecule has 0 fully saturated rings.